The third kappa shape index (κ3) is 2.38. The van der Waals surface area contributed by atoms with Crippen molar-refractivity contribution < 1.29 is 9.53 Å². The van der Waals surface area contributed by atoms with E-state index in [-0.39, 0.29) is 5.92 Å². The normalized spacial score (nSPS) is 12.3. The maximum absolute atomic E-state index is 10.6. The van der Waals surface area contributed by atoms with Crippen LogP contribution in [0.4, 0.5) is 0 Å². The fraction of sp³-hybridized carbons (Fsp3) is 0.462. The quantitative estimate of drug-likeness (QED) is 0.751. The van der Waals surface area contributed by atoms with Crippen molar-refractivity contribution in [3.63, 3.8) is 0 Å². The smallest absolute Gasteiger partial charge is 0.141 e. The molecule has 0 fully saturated rings. The molecule has 88 valence electrons. The first-order chi connectivity index (χ1) is 7.52. The van der Waals surface area contributed by atoms with Crippen LogP contribution < -0.4 is 4.74 Å². The first-order valence-corrected chi connectivity index (χ1v) is 5.67. The molecule has 1 aromatic rings. The molecule has 1 aromatic carbocycles. The molecule has 0 amide bonds. The number of ether oxygens (including phenoxy) is 1. The van der Waals surface area contributed by atoms with Crippen LogP contribution in [0.5, 0.6) is 5.75 Å². The van der Waals surface area contributed by atoms with Gasteiger partial charge in [0.15, 0.2) is 0 Å². The van der Waals surface area contributed by atoms with Crippen LogP contribution in [0.15, 0.2) is 6.07 Å². The van der Waals surface area contributed by atoms with Crippen LogP contribution in [-0.4, -0.2) is 13.4 Å². The van der Waals surface area contributed by atoms with Crippen molar-refractivity contribution in [1.29, 1.82) is 0 Å². The molecule has 0 aromatic heterocycles. The van der Waals surface area contributed by atoms with Crippen molar-refractivity contribution in [3.05, 3.63) is 27.8 Å². The Morgan fingerprint density at radius 3 is 2.62 bits per heavy atom. The van der Waals surface area contributed by atoms with Crippen molar-refractivity contribution in [1.82, 2.24) is 0 Å². The van der Waals surface area contributed by atoms with E-state index in [1.54, 1.807) is 7.11 Å². The molecule has 0 bridgehead atoms. The molecule has 1 atom stereocenters. The Balaban J connectivity index is 3.37. The Bertz CT molecular complexity index is 399. The number of benzene rings is 1. The highest BCUT2D eigenvalue weighted by Crippen LogP contribution is 2.38. The molecule has 0 aliphatic rings. The summed E-state index contributed by atoms with van der Waals surface area (Å²) < 4.78 is 5.33. The Hall–Kier alpha value is -1.02. The fourth-order valence-electron chi connectivity index (χ4n) is 1.94. The number of hydrogen-bond acceptors (Lipinski definition) is 2. The van der Waals surface area contributed by atoms with Crippen molar-refractivity contribution in [2.45, 2.75) is 33.1 Å². The van der Waals surface area contributed by atoms with E-state index in [1.165, 1.54) is 0 Å². The molecule has 1 rings (SSSR count). The molecular formula is C13H17ClO2. The molecule has 2 nitrogen and oxygen atoms in total. The Labute approximate surface area is 102 Å². The van der Waals surface area contributed by atoms with E-state index in [2.05, 4.69) is 0 Å². The summed E-state index contributed by atoms with van der Waals surface area (Å²) in [7, 11) is 1.60. The van der Waals surface area contributed by atoms with Gasteiger partial charge in [-0.15, -0.1) is 0 Å². The topological polar surface area (TPSA) is 26.3 Å². The van der Waals surface area contributed by atoms with E-state index in [0.29, 0.717) is 17.2 Å². The van der Waals surface area contributed by atoms with Gasteiger partial charge in [-0.3, -0.25) is 0 Å². The molecule has 1 unspecified atom stereocenters. The average Bonchev–Trinajstić information content (AvgIpc) is 2.23. The predicted octanol–water partition coefficient (Wildman–Crippen LogP) is 3.66. The number of methoxy groups -OCH3 is 1. The summed E-state index contributed by atoms with van der Waals surface area (Å²) >= 11 is 6.14. The van der Waals surface area contributed by atoms with Crippen LogP contribution in [0, 0.1) is 13.8 Å². The fourth-order valence-corrected chi connectivity index (χ4v) is 2.28. The minimum atomic E-state index is 0.129. The molecule has 16 heavy (non-hydrogen) atoms. The minimum Gasteiger partial charge on any atom is -0.495 e. The van der Waals surface area contributed by atoms with Gasteiger partial charge in [-0.1, -0.05) is 18.5 Å². The van der Waals surface area contributed by atoms with Gasteiger partial charge in [-0.2, -0.15) is 0 Å². The largest absolute Gasteiger partial charge is 0.495 e. The highest BCUT2D eigenvalue weighted by Gasteiger charge is 2.18. The maximum Gasteiger partial charge on any atom is 0.141 e. The van der Waals surface area contributed by atoms with Gasteiger partial charge in [0.2, 0.25) is 0 Å². The van der Waals surface area contributed by atoms with Crippen LogP contribution in [-0.2, 0) is 4.79 Å². The first kappa shape index (κ1) is 13.0. The molecule has 0 aliphatic heterocycles. The standard InChI is InChI=1S/C13H17ClO2/c1-8(5-6-15)12-10(3)9(2)7-11(14)13(12)16-4/h6-8H,5H2,1-4H3. The third-order valence-electron chi connectivity index (χ3n) is 2.95. The molecule has 0 saturated heterocycles. The summed E-state index contributed by atoms with van der Waals surface area (Å²) in [6.07, 6.45) is 1.41. The molecule has 3 heteroatoms. The molecule has 0 aliphatic carbocycles. The van der Waals surface area contributed by atoms with Gasteiger partial charge in [-0.25, -0.2) is 0 Å². The second kappa shape index (κ2) is 5.35. The lowest BCUT2D eigenvalue weighted by molar-refractivity contribution is -0.108. The van der Waals surface area contributed by atoms with Crippen molar-refractivity contribution in [2.24, 2.45) is 0 Å². The van der Waals surface area contributed by atoms with Crippen LogP contribution in [0.3, 0.4) is 0 Å². The van der Waals surface area contributed by atoms with E-state index in [1.807, 2.05) is 26.8 Å². The first-order valence-electron chi connectivity index (χ1n) is 5.30. The van der Waals surface area contributed by atoms with Gasteiger partial charge in [0, 0.05) is 12.0 Å². The number of halogens is 1. The van der Waals surface area contributed by atoms with E-state index in [0.717, 1.165) is 23.0 Å². The molecule has 0 heterocycles. The molecule has 0 N–H and O–H groups in total. The lowest BCUT2D eigenvalue weighted by Crippen LogP contribution is -2.03. The maximum atomic E-state index is 10.6. The second-order valence-electron chi connectivity index (χ2n) is 4.05. The Morgan fingerprint density at radius 1 is 1.50 bits per heavy atom. The lowest BCUT2D eigenvalue weighted by Gasteiger charge is -2.19. The monoisotopic (exact) mass is 240 g/mol. The SMILES string of the molecule is COc1c(Cl)cc(C)c(C)c1C(C)CC=O. The lowest BCUT2D eigenvalue weighted by atomic mass is 9.90. The number of rotatable bonds is 4. The Morgan fingerprint density at radius 2 is 2.12 bits per heavy atom. The zero-order valence-electron chi connectivity index (χ0n) is 10.1. The van der Waals surface area contributed by atoms with E-state index in [9.17, 15) is 4.79 Å². The number of carbonyl (C=O) groups is 1. The van der Waals surface area contributed by atoms with Crippen molar-refractivity contribution in [3.8, 4) is 5.75 Å². The molecule has 0 saturated carbocycles. The van der Waals surface area contributed by atoms with Gasteiger partial charge in [0.05, 0.1) is 12.1 Å². The van der Waals surface area contributed by atoms with E-state index >= 15 is 0 Å². The summed E-state index contributed by atoms with van der Waals surface area (Å²) in [5.41, 5.74) is 3.31. The summed E-state index contributed by atoms with van der Waals surface area (Å²) in [5, 5.41) is 0.610. The molecule has 0 spiro atoms. The van der Waals surface area contributed by atoms with Gasteiger partial charge in [-0.05, 0) is 37.0 Å². The molecular weight excluding hydrogens is 224 g/mol. The van der Waals surface area contributed by atoms with Crippen LogP contribution in [0.2, 0.25) is 5.02 Å². The zero-order valence-corrected chi connectivity index (χ0v) is 10.9. The summed E-state index contributed by atoms with van der Waals surface area (Å²) in [6, 6.07) is 1.90. The summed E-state index contributed by atoms with van der Waals surface area (Å²) in [5.74, 6) is 0.823. The summed E-state index contributed by atoms with van der Waals surface area (Å²) in [6.45, 7) is 6.05. The van der Waals surface area contributed by atoms with Gasteiger partial charge in [0.1, 0.15) is 12.0 Å². The second-order valence-corrected chi connectivity index (χ2v) is 4.46. The predicted molar refractivity (Wildman–Crippen MR) is 66.6 cm³/mol. The highest BCUT2D eigenvalue weighted by atomic mass is 35.5. The van der Waals surface area contributed by atoms with Gasteiger partial charge < -0.3 is 9.53 Å². The highest BCUT2D eigenvalue weighted by molar-refractivity contribution is 6.32. The van der Waals surface area contributed by atoms with Crippen molar-refractivity contribution >= 4 is 17.9 Å². The van der Waals surface area contributed by atoms with Crippen molar-refractivity contribution in [2.75, 3.05) is 7.11 Å². The number of hydrogen-bond donors (Lipinski definition) is 0. The summed E-state index contributed by atoms with van der Waals surface area (Å²) in [4.78, 5) is 10.6. The van der Waals surface area contributed by atoms with Crippen LogP contribution in [0.25, 0.3) is 0 Å². The number of aryl methyl sites for hydroxylation is 1. The minimum absolute atomic E-state index is 0.129. The molecule has 0 radical (unpaired) electrons. The number of carbonyl (C=O) groups excluding carboxylic acids is 1. The van der Waals surface area contributed by atoms with Crippen LogP contribution in [0.1, 0.15) is 36.0 Å². The van der Waals surface area contributed by atoms with Crippen LogP contribution >= 0.6 is 11.6 Å². The van der Waals surface area contributed by atoms with E-state index in [4.69, 9.17) is 16.3 Å². The Kier molecular flexibility index (Phi) is 4.36. The van der Waals surface area contributed by atoms with Gasteiger partial charge in [0.25, 0.3) is 0 Å². The van der Waals surface area contributed by atoms with Gasteiger partial charge >= 0.3 is 0 Å². The number of aldehydes is 1. The van der Waals surface area contributed by atoms with E-state index < -0.39 is 0 Å². The zero-order chi connectivity index (χ0) is 12.3. The third-order valence-corrected chi connectivity index (χ3v) is 3.23. The average molecular weight is 241 g/mol.